The molecule has 0 radical (unpaired) electrons. The van der Waals surface area contributed by atoms with Crippen LogP contribution in [0.3, 0.4) is 0 Å². The molecule has 16 amide bonds. The Hall–Kier alpha value is -5.86. The fourth-order valence-corrected chi connectivity index (χ4v) is 8.53. The van der Waals surface area contributed by atoms with Crippen molar-refractivity contribution in [3.05, 3.63) is 12.7 Å². The van der Waals surface area contributed by atoms with Gasteiger partial charge in [0.1, 0.15) is 30.2 Å². The number of imide groups is 5. The summed E-state index contributed by atoms with van der Waals surface area (Å²) in [5.74, 6) is -6.86. The number of aliphatic hydroxyl groups is 2. The molecule has 71 heavy (non-hydrogen) atoms. The highest BCUT2D eigenvalue weighted by Crippen LogP contribution is 2.25. The van der Waals surface area contributed by atoms with Gasteiger partial charge < -0.3 is 45.8 Å². The molecule has 0 aliphatic carbocycles. The molecule has 1 fully saturated rings. The molecular formula is C45H78N12O13S. The Kier molecular flexibility index (Phi) is 24.6. The Balaban J connectivity index is 4.15. The van der Waals surface area contributed by atoms with Crippen LogP contribution in [0.15, 0.2) is 12.7 Å². The van der Waals surface area contributed by atoms with Gasteiger partial charge in [0.2, 0.25) is 17.7 Å². The van der Waals surface area contributed by atoms with E-state index in [1.54, 1.807) is 27.7 Å². The van der Waals surface area contributed by atoms with Gasteiger partial charge in [0, 0.05) is 74.1 Å². The van der Waals surface area contributed by atoms with Gasteiger partial charge in [-0.15, -0.1) is 18.3 Å². The summed E-state index contributed by atoms with van der Waals surface area (Å²) in [6.45, 7) is 18.1. The number of allylic oxidation sites excluding steroid dienone is 1. The van der Waals surface area contributed by atoms with Gasteiger partial charge in [0.15, 0.2) is 5.37 Å². The van der Waals surface area contributed by atoms with Crippen molar-refractivity contribution in [1.82, 2.24) is 60.9 Å². The van der Waals surface area contributed by atoms with Gasteiger partial charge in [-0.3, -0.25) is 44.3 Å². The number of carbonyl (C=O) groups excluding carboxylic acids is 11. The van der Waals surface area contributed by atoms with Crippen molar-refractivity contribution in [1.29, 1.82) is 0 Å². The predicted molar refractivity (Wildman–Crippen MR) is 264 cm³/mol. The zero-order chi connectivity index (χ0) is 55.2. The smallest absolute Gasteiger partial charge is 0.334 e. The van der Waals surface area contributed by atoms with E-state index in [4.69, 9.17) is 0 Å². The average Bonchev–Trinajstić information content (AvgIpc) is 3.28. The maximum absolute atomic E-state index is 14.6. The topological polar surface area (TPSA) is 311 Å². The number of aliphatic hydroxyl groups excluding tert-OH is 1. The van der Waals surface area contributed by atoms with E-state index in [2.05, 4.69) is 22.5 Å². The summed E-state index contributed by atoms with van der Waals surface area (Å²) in [5, 5.41) is 33.1. The third-order valence-electron chi connectivity index (χ3n) is 11.7. The van der Waals surface area contributed by atoms with Gasteiger partial charge in [-0.2, -0.15) is 0 Å². The predicted octanol–water partition coefficient (Wildman–Crippen LogP) is 0.361. The third-order valence-corrected chi connectivity index (χ3v) is 13.0. The fourth-order valence-electron chi connectivity index (χ4n) is 7.43. The molecule has 7 N–H and O–H groups in total. The summed E-state index contributed by atoms with van der Waals surface area (Å²) in [6.07, 6.45) is -0.425. The number of rotatable bonds is 13. The summed E-state index contributed by atoms with van der Waals surface area (Å²) in [5.41, 5.74) is -1.65. The molecule has 0 saturated carbocycles. The monoisotopic (exact) mass is 1030 g/mol. The molecule has 1 aliphatic heterocycles. The number of hydrogen-bond acceptors (Lipinski definition) is 15. The SMILES string of the molecule is C=CC[C@@H](C)[C@@H](O)[C@H]1C(=O)N[C@@H](CC)C(=O)N(C)[C@H](SCCNC(C)C)C(=O)N(C)[C@@H](CC(C)(C)O)C(=O)NC(=O)N(C)C(=O)NC(=O)N[C@H](C)C(=O)N(C)C(=O)N(C)C(=O)N(C)[C@@H](C(C)C)C(=O)N1C. The maximum Gasteiger partial charge on any atom is 0.334 e. The van der Waals surface area contributed by atoms with Crippen molar-refractivity contribution in [2.24, 2.45) is 11.8 Å². The molecule has 1 aliphatic rings. The number of thioether (sulfide) groups is 1. The van der Waals surface area contributed by atoms with Crippen LogP contribution in [0.2, 0.25) is 0 Å². The van der Waals surface area contributed by atoms with Crippen molar-refractivity contribution in [2.75, 3.05) is 61.6 Å². The van der Waals surface area contributed by atoms with E-state index in [0.717, 1.165) is 59.4 Å². The number of urea groups is 5. The highest BCUT2D eigenvalue weighted by atomic mass is 32.2. The Bertz CT molecular complexity index is 1980. The van der Waals surface area contributed by atoms with Gasteiger partial charge >= 0.3 is 30.2 Å². The first-order chi connectivity index (χ1) is 32.7. The minimum Gasteiger partial charge on any atom is -0.390 e. The average molecular weight is 1030 g/mol. The standard InChI is InChI=1S/C45H78N12O13S/c1-18-20-26(7)32(58)31-34(60)48-28(19-2)36(62)54(14)39(71-22-21-46-25(5)6)38(64)51(11)29(23-45(9,10)70)33(59)49-41(66)56(16)42(67)50-40(65)47-27(8)35(61)55(15)44(69)57(17)43(68)53(13)30(24(3)4)37(63)52(31)12/h18,24-32,39,46,58,70H,1,19-23H2,2-17H3,(H,48,60)(H,49,59,66)(H2,47,50,65,67)/t26-,27-,28+,29+,30+,31+,32-,39-/m1/s1. The van der Waals surface area contributed by atoms with Crippen LogP contribution in [0.4, 0.5) is 24.0 Å². The first-order valence-corrected chi connectivity index (χ1v) is 24.2. The van der Waals surface area contributed by atoms with Crippen LogP contribution >= 0.6 is 11.8 Å². The van der Waals surface area contributed by atoms with Crippen molar-refractivity contribution in [2.45, 2.75) is 135 Å². The number of likely N-dealkylation sites (N-methyl/N-ethyl adjacent to an activating group) is 5. The minimum absolute atomic E-state index is 0.0452. The van der Waals surface area contributed by atoms with E-state index in [0.29, 0.717) is 21.2 Å². The zero-order valence-electron chi connectivity index (χ0n) is 44.0. The molecule has 1 rings (SSSR count). The van der Waals surface area contributed by atoms with Crippen LogP contribution in [0.25, 0.3) is 0 Å². The van der Waals surface area contributed by atoms with E-state index in [-0.39, 0.29) is 24.6 Å². The lowest BCUT2D eigenvalue weighted by molar-refractivity contribution is -0.150. The normalized spacial score (nSPS) is 24.5. The molecule has 0 aromatic heterocycles. The van der Waals surface area contributed by atoms with Gasteiger partial charge in [-0.25, -0.2) is 33.8 Å². The quantitative estimate of drug-likeness (QED) is 0.0968. The molecule has 1 heterocycles. The summed E-state index contributed by atoms with van der Waals surface area (Å²) < 4.78 is 0. The van der Waals surface area contributed by atoms with Crippen LogP contribution in [0.5, 0.6) is 0 Å². The van der Waals surface area contributed by atoms with Crippen molar-refractivity contribution < 1.29 is 63.0 Å². The van der Waals surface area contributed by atoms with Crippen LogP contribution < -0.4 is 26.6 Å². The minimum atomic E-state index is -1.70. The van der Waals surface area contributed by atoms with Gasteiger partial charge in [-0.05, 0) is 45.4 Å². The van der Waals surface area contributed by atoms with Gasteiger partial charge in [0.25, 0.3) is 17.7 Å². The first-order valence-electron chi connectivity index (χ1n) is 23.2. The summed E-state index contributed by atoms with van der Waals surface area (Å²) in [7, 11) is 7.90. The lowest BCUT2D eigenvalue weighted by Crippen LogP contribution is -2.63. The lowest BCUT2D eigenvalue weighted by Gasteiger charge is -2.40. The van der Waals surface area contributed by atoms with Crippen LogP contribution in [0, 0.1) is 11.8 Å². The number of nitrogens with zero attached hydrogens (tertiary/aromatic N) is 7. The largest absolute Gasteiger partial charge is 0.390 e. The summed E-state index contributed by atoms with van der Waals surface area (Å²) in [6, 6.07) is -14.0. The van der Waals surface area contributed by atoms with Crippen LogP contribution in [-0.2, 0) is 28.8 Å². The molecule has 1 saturated heterocycles. The second kappa shape index (κ2) is 27.7. The second-order valence-electron chi connectivity index (χ2n) is 18.9. The molecular weight excluding hydrogens is 949 g/mol. The molecule has 0 unspecified atom stereocenters. The van der Waals surface area contributed by atoms with E-state index in [1.807, 2.05) is 24.5 Å². The van der Waals surface area contributed by atoms with Crippen LogP contribution in [-0.4, -0.2) is 225 Å². The molecule has 25 nitrogen and oxygen atoms in total. The number of nitrogens with one attached hydrogen (secondary N) is 5. The fraction of sp³-hybridized carbons (Fsp3) is 0.711. The Morgan fingerprint density at radius 3 is 1.77 bits per heavy atom. The second-order valence-corrected chi connectivity index (χ2v) is 20.1. The first kappa shape index (κ1) is 63.2. The van der Waals surface area contributed by atoms with Crippen LogP contribution in [0.1, 0.15) is 81.6 Å². The molecule has 0 aromatic rings. The number of amides is 16. The molecule has 0 aromatic carbocycles. The molecule has 402 valence electrons. The van der Waals surface area contributed by atoms with Gasteiger partial charge in [-0.1, -0.05) is 47.6 Å². The highest BCUT2D eigenvalue weighted by molar-refractivity contribution is 8.00. The van der Waals surface area contributed by atoms with E-state index in [9.17, 15) is 63.0 Å². The summed E-state index contributed by atoms with van der Waals surface area (Å²) >= 11 is 1.01. The van der Waals surface area contributed by atoms with Crippen molar-refractivity contribution in [3.63, 3.8) is 0 Å². The number of hydrogen-bond donors (Lipinski definition) is 7. The van der Waals surface area contributed by atoms with Gasteiger partial charge in [0.05, 0.1) is 11.7 Å². The van der Waals surface area contributed by atoms with Crippen molar-refractivity contribution >= 4 is 77.4 Å². The number of carbonyl (C=O) groups is 11. The van der Waals surface area contributed by atoms with Crippen molar-refractivity contribution in [3.8, 4) is 0 Å². The summed E-state index contributed by atoms with van der Waals surface area (Å²) in [4.78, 5) is 158. The maximum atomic E-state index is 14.6. The van der Waals surface area contributed by atoms with E-state index >= 15 is 0 Å². The van der Waals surface area contributed by atoms with E-state index in [1.165, 1.54) is 48.1 Å². The molecule has 0 spiro atoms. The zero-order valence-corrected chi connectivity index (χ0v) is 44.8. The molecule has 8 atom stereocenters. The third kappa shape index (κ3) is 17.4. The Labute approximate surface area is 421 Å². The lowest BCUT2D eigenvalue weighted by atomic mass is 9.92. The Morgan fingerprint density at radius 2 is 1.27 bits per heavy atom. The highest BCUT2D eigenvalue weighted by Gasteiger charge is 2.45. The Morgan fingerprint density at radius 1 is 0.704 bits per heavy atom. The molecule has 26 heteroatoms. The molecule has 0 bridgehead atoms. The van der Waals surface area contributed by atoms with E-state index < -0.39 is 131 Å².